The molecule has 0 amide bonds. The molecule has 2 aromatic rings. The van der Waals surface area contributed by atoms with Crippen LogP contribution >= 0.6 is 0 Å². The lowest BCUT2D eigenvalue weighted by Gasteiger charge is -2.27. The maximum Gasteiger partial charge on any atom is 0.377 e. The average molecular weight is 535 g/mol. The minimum absolute atomic E-state index is 0.0533. The van der Waals surface area contributed by atoms with Gasteiger partial charge in [-0.2, -0.15) is 9.78 Å². The highest BCUT2D eigenvalue weighted by molar-refractivity contribution is 5.94. The van der Waals surface area contributed by atoms with Gasteiger partial charge in [0.25, 0.3) is 0 Å². The molecule has 206 valence electrons. The number of carbonyl (C=O) groups excluding carboxylic acids is 2. The molecule has 2 radical (unpaired) electrons. The van der Waals surface area contributed by atoms with Crippen LogP contribution in [0.4, 0.5) is 0 Å². The molecule has 0 heterocycles. The molecule has 0 aliphatic heterocycles. The van der Waals surface area contributed by atoms with E-state index < -0.39 is 18.0 Å². The Morgan fingerprint density at radius 2 is 1.16 bits per heavy atom. The third-order valence-electron chi connectivity index (χ3n) is 5.65. The molecule has 1 aliphatic rings. The van der Waals surface area contributed by atoms with Crippen LogP contribution in [-0.2, 0) is 19.6 Å². The Hall–Kier alpha value is -3.90. The molecule has 2 aromatic carbocycles. The zero-order valence-electron chi connectivity index (χ0n) is 22.0. The van der Waals surface area contributed by atoms with Crippen molar-refractivity contribution in [3.8, 4) is 34.5 Å². The predicted molar refractivity (Wildman–Crippen MR) is 130 cm³/mol. The molecule has 0 bridgehead atoms. The predicted octanol–water partition coefficient (Wildman–Crippen LogP) is 3.90. The molecular formula is C26H30O12. The third-order valence-corrected chi connectivity index (χ3v) is 5.65. The van der Waals surface area contributed by atoms with Crippen LogP contribution in [0.15, 0.2) is 24.3 Å². The summed E-state index contributed by atoms with van der Waals surface area (Å²) in [5.41, 5.74) is 0.108. The van der Waals surface area contributed by atoms with E-state index in [0.717, 1.165) is 0 Å². The van der Waals surface area contributed by atoms with Crippen LogP contribution in [0.2, 0.25) is 0 Å². The van der Waals surface area contributed by atoms with E-state index in [-0.39, 0.29) is 40.2 Å². The number of hydrogen-bond donors (Lipinski definition) is 0. The van der Waals surface area contributed by atoms with Crippen molar-refractivity contribution in [2.75, 3.05) is 42.7 Å². The molecule has 1 unspecified atom stereocenters. The molecule has 0 spiro atoms. The van der Waals surface area contributed by atoms with Gasteiger partial charge in [0.15, 0.2) is 29.1 Å². The Labute approximate surface area is 220 Å². The van der Waals surface area contributed by atoms with Crippen molar-refractivity contribution in [3.05, 3.63) is 47.9 Å². The Bertz CT molecular complexity index is 1030. The topological polar surface area (TPSA) is 126 Å². The van der Waals surface area contributed by atoms with Crippen LogP contribution in [0.25, 0.3) is 0 Å². The van der Waals surface area contributed by atoms with Crippen molar-refractivity contribution in [2.24, 2.45) is 0 Å². The Morgan fingerprint density at radius 3 is 1.63 bits per heavy atom. The number of carbonyl (C=O) groups is 2. The highest BCUT2D eigenvalue weighted by Gasteiger charge is 2.34. The molecule has 1 saturated carbocycles. The number of hydrogen-bond acceptors (Lipinski definition) is 12. The van der Waals surface area contributed by atoms with Gasteiger partial charge in [0.2, 0.25) is 11.5 Å². The smallest absolute Gasteiger partial charge is 0.377 e. The summed E-state index contributed by atoms with van der Waals surface area (Å²) < 4.78 is 31.7. The van der Waals surface area contributed by atoms with Gasteiger partial charge < -0.3 is 28.4 Å². The van der Waals surface area contributed by atoms with E-state index in [2.05, 4.69) is 0 Å². The number of methoxy groups -OCH3 is 6. The first-order valence-electron chi connectivity index (χ1n) is 11.5. The standard InChI is InChI=1S/C26H30O12/c1-29-19-13-11-15(21(31-3)23(19)33-5)25(27)37-35-17-9-7-8-10-18(17)36-38-26(28)16-12-14-20(30-2)24(34-6)22(16)32-4/h7,11-14,17H,8-10H2,1-6H3. The van der Waals surface area contributed by atoms with E-state index in [4.69, 9.17) is 48.0 Å². The first-order valence-corrected chi connectivity index (χ1v) is 11.5. The quantitative estimate of drug-likeness (QED) is 0.289. The van der Waals surface area contributed by atoms with Crippen LogP contribution < -0.4 is 28.4 Å². The summed E-state index contributed by atoms with van der Waals surface area (Å²) in [4.78, 5) is 46.4. The van der Waals surface area contributed by atoms with Gasteiger partial charge in [0.1, 0.15) is 17.2 Å². The molecule has 38 heavy (non-hydrogen) atoms. The van der Waals surface area contributed by atoms with E-state index >= 15 is 0 Å². The highest BCUT2D eigenvalue weighted by Crippen LogP contribution is 2.41. The SMILES string of the molecule is COc1ccc(C(=O)OO[C]2CC[CH]CC2OOC(=O)c2ccc(OC)c(OC)c2OC)c(OC)c1OC. The highest BCUT2D eigenvalue weighted by atomic mass is 17.2. The van der Waals surface area contributed by atoms with E-state index in [1.807, 2.05) is 6.42 Å². The zero-order valence-corrected chi connectivity index (χ0v) is 22.0. The van der Waals surface area contributed by atoms with Gasteiger partial charge in [-0.25, -0.2) is 9.59 Å². The largest absolute Gasteiger partial charge is 0.493 e. The zero-order chi connectivity index (χ0) is 27.7. The Kier molecular flexibility index (Phi) is 10.3. The minimum Gasteiger partial charge on any atom is -0.493 e. The van der Waals surface area contributed by atoms with Crippen molar-refractivity contribution in [2.45, 2.75) is 25.4 Å². The molecule has 12 heteroatoms. The number of rotatable bonds is 12. The molecule has 1 atom stereocenters. The van der Waals surface area contributed by atoms with Crippen LogP contribution in [0.3, 0.4) is 0 Å². The Balaban J connectivity index is 1.67. The first-order chi connectivity index (χ1) is 18.4. The molecule has 0 N–H and O–H groups in total. The van der Waals surface area contributed by atoms with Gasteiger partial charge >= 0.3 is 11.9 Å². The molecule has 0 aromatic heterocycles. The van der Waals surface area contributed by atoms with Gasteiger partial charge in [-0.1, -0.05) is 0 Å². The average Bonchev–Trinajstić information content (AvgIpc) is 2.96. The lowest BCUT2D eigenvalue weighted by Crippen LogP contribution is -2.30. The van der Waals surface area contributed by atoms with Crippen molar-refractivity contribution in [1.82, 2.24) is 0 Å². The lowest BCUT2D eigenvalue weighted by atomic mass is 9.95. The number of ether oxygens (including phenoxy) is 6. The van der Waals surface area contributed by atoms with Gasteiger partial charge in [-0.3, -0.25) is 9.78 Å². The second kappa shape index (κ2) is 13.6. The first kappa shape index (κ1) is 28.7. The van der Waals surface area contributed by atoms with E-state index in [0.29, 0.717) is 30.8 Å². The lowest BCUT2D eigenvalue weighted by molar-refractivity contribution is -0.317. The normalized spacial score (nSPS) is 15.3. The summed E-state index contributed by atoms with van der Waals surface area (Å²) in [6.45, 7) is 0. The van der Waals surface area contributed by atoms with Crippen LogP contribution in [0.5, 0.6) is 34.5 Å². The second-order valence-electron chi connectivity index (χ2n) is 7.70. The molecule has 0 saturated heterocycles. The van der Waals surface area contributed by atoms with Crippen molar-refractivity contribution < 1.29 is 57.6 Å². The maximum atomic E-state index is 12.8. The fraction of sp³-hybridized carbons (Fsp3) is 0.385. The fourth-order valence-electron chi connectivity index (χ4n) is 3.80. The molecule has 1 aliphatic carbocycles. The summed E-state index contributed by atoms with van der Waals surface area (Å²) in [5, 5.41) is 0. The number of benzene rings is 2. The van der Waals surface area contributed by atoms with Crippen molar-refractivity contribution in [3.63, 3.8) is 0 Å². The third kappa shape index (κ3) is 6.14. The maximum absolute atomic E-state index is 12.8. The summed E-state index contributed by atoms with van der Waals surface area (Å²) in [7, 11) is 8.52. The van der Waals surface area contributed by atoms with Crippen molar-refractivity contribution in [1.29, 1.82) is 0 Å². The van der Waals surface area contributed by atoms with Gasteiger partial charge in [-0.05, 0) is 49.9 Å². The van der Waals surface area contributed by atoms with Crippen LogP contribution in [-0.4, -0.2) is 60.7 Å². The summed E-state index contributed by atoms with van der Waals surface area (Å²) >= 11 is 0. The molecule has 1 fully saturated rings. The van der Waals surface area contributed by atoms with Crippen molar-refractivity contribution >= 4 is 11.9 Å². The van der Waals surface area contributed by atoms with Gasteiger partial charge in [0, 0.05) is 0 Å². The van der Waals surface area contributed by atoms with Crippen LogP contribution in [0.1, 0.15) is 40.0 Å². The Morgan fingerprint density at radius 1 is 0.658 bits per heavy atom. The minimum atomic E-state index is -0.837. The monoisotopic (exact) mass is 534 g/mol. The summed E-state index contributed by atoms with van der Waals surface area (Å²) in [6.07, 6.45) is 2.73. The molecule has 12 nitrogen and oxygen atoms in total. The fourth-order valence-corrected chi connectivity index (χ4v) is 3.80. The molecule has 3 rings (SSSR count). The van der Waals surface area contributed by atoms with E-state index in [1.165, 1.54) is 66.9 Å². The second-order valence-corrected chi connectivity index (χ2v) is 7.70. The molecular weight excluding hydrogens is 504 g/mol. The summed E-state index contributed by atoms with van der Waals surface area (Å²) in [5.74, 6) is -0.231. The van der Waals surface area contributed by atoms with E-state index in [9.17, 15) is 9.59 Å². The van der Waals surface area contributed by atoms with E-state index in [1.54, 1.807) is 0 Å². The van der Waals surface area contributed by atoms with Gasteiger partial charge in [0.05, 0.1) is 42.7 Å². The van der Waals surface area contributed by atoms with Gasteiger partial charge in [-0.15, -0.1) is 0 Å². The van der Waals surface area contributed by atoms with Crippen LogP contribution in [0, 0.1) is 12.5 Å². The summed E-state index contributed by atoms with van der Waals surface area (Å²) in [6, 6.07) is 5.99.